The van der Waals surface area contributed by atoms with Crippen LogP contribution in [0.2, 0.25) is 0 Å². The minimum atomic E-state index is 0.246. The second-order valence-electron chi connectivity index (χ2n) is 4.54. The summed E-state index contributed by atoms with van der Waals surface area (Å²) in [4.78, 5) is 2.26. The summed E-state index contributed by atoms with van der Waals surface area (Å²) in [5, 5.41) is 4.26. The van der Waals surface area contributed by atoms with Gasteiger partial charge in [-0.2, -0.15) is 11.3 Å². The first-order valence-electron chi connectivity index (χ1n) is 6.30. The third-order valence-electron chi connectivity index (χ3n) is 3.30. The summed E-state index contributed by atoms with van der Waals surface area (Å²) in [5.41, 5.74) is 8.38. The SMILES string of the molecule is COc1ccccc1CN(C)C(CN)c1ccsc1. The lowest BCUT2D eigenvalue weighted by Crippen LogP contribution is -2.30. The van der Waals surface area contributed by atoms with Crippen molar-refractivity contribution in [3.63, 3.8) is 0 Å². The van der Waals surface area contributed by atoms with Crippen molar-refractivity contribution in [2.24, 2.45) is 5.73 Å². The van der Waals surface area contributed by atoms with E-state index in [1.165, 1.54) is 11.1 Å². The van der Waals surface area contributed by atoms with E-state index in [1.807, 2.05) is 18.2 Å². The fourth-order valence-corrected chi connectivity index (χ4v) is 2.95. The molecule has 0 fully saturated rings. The maximum atomic E-state index is 5.92. The first-order chi connectivity index (χ1) is 9.26. The molecule has 0 spiro atoms. The molecule has 0 saturated heterocycles. The molecule has 19 heavy (non-hydrogen) atoms. The highest BCUT2D eigenvalue weighted by molar-refractivity contribution is 7.07. The van der Waals surface area contributed by atoms with Gasteiger partial charge in [0.05, 0.1) is 7.11 Å². The zero-order valence-corrected chi connectivity index (χ0v) is 12.2. The second-order valence-corrected chi connectivity index (χ2v) is 5.32. The fourth-order valence-electron chi connectivity index (χ4n) is 2.25. The molecule has 0 bridgehead atoms. The van der Waals surface area contributed by atoms with E-state index in [-0.39, 0.29) is 6.04 Å². The Morgan fingerprint density at radius 3 is 2.74 bits per heavy atom. The topological polar surface area (TPSA) is 38.5 Å². The van der Waals surface area contributed by atoms with E-state index in [2.05, 4.69) is 34.8 Å². The Balaban J connectivity index is 2.13. The Kier molecular flexibility index (Phi) is 4.96. The van der Waals surface area contributed by atoms with Crippen LogP contribution in [0.4, 0.5) is 0 Å². The molecular formula is C15H20N2OS. The van der Waals surface area contributed by atoms with Gasteiger partial charge in [-0.1, -0.05) is 18.2 Å². The molecule has 0 radical (unpaired) electrons. The Morgan fingerprint density at radius 2 is 2.11 bits per heavy atom. The van der Waals surface area contributed by atoms with Gasteiger partial charge in [-0.3, -0.25) is 4.90 Å². The van der Waals surface area contributed by atoms with Crippen molar-refractivity contribution in [1.29, 1.82) is 0 Å². The smallest absolute Gasteiger partial charge is 0.123 e. The zero-order valence-electron chi connectivity index (χ0n) is 11.4. The molecule has 1 atom stereocenters. The lowest BCUT2D eigenvalue weighted by atomic mass is 10.1. The summed E-state index contributed by atoms with van der Waals surface area (Å²) in [5.74, 6) is 0.926. The number of para-hydroxylation sites is 1. The summed E-state index contributed by atoms with van der Waals surface area (Å²) in [6, 6.07) is 10.5. The second kappa shape index (κ2) is 6.70. The maximum Gasteiger partial charge on any atom is 0.123 e. The molecule has 0 aliphatic carbocycles. The number of thiophene rings is 1. The van der Waals surface area contributed by atoms with Gasteiger partial charge in [-0.15, -0.1) is 0 Å². The molecule has 1 heterocycles. The Labute approximate surface area is 118 Å². The molecule has 0 amide bonds. The van der Waals surface area contributed by atoms with Crippen molar-refractivity contribution >= 4 is 11.3 Å². The van der Waals surface area contributed by atoms with Crippen LogP contribution < -0.4 is 10.5 Å². The van der Waals surface area contributed by atoms with Crippen LogP contribution in [0.3, 0.4) is 0 Å². The van der Waals surface area contributed by atoms with Crippen LogP contribution in [0.1, 0.15) is 17.2 Å². The van der Waals surface area contributed by atoms with E-state index in [1.54, 1.807) is 18.4 Å². The van der Waals surface area contributed by atoms with Gasteiger partial charge in [-0.05, 0) is 35.5 Å². The van der Waals surface area contributed by atoms with Crippen LogP contribution in [0.15, 0.2) is 41.1 Å². The van der Waals surface area contributed by atoms with Gasteiger partial charge >= 0.3 is 0 Å². The number of ether oxygens (including phenoxy) is 1. The molecule has 102 valence electrons. The van der Waals surface area contributed by atoms with Crippen molar-refractivity contribution < 1.29 is 4.74 Å². The molecule has 4 heteroatoms. The molecule has 3 nitrogen and oxygen atoms in total. The molecule has 1 aromatic carbocycles. The van der Waals surface area contributed by atoms with Crippen LogP contribution in [-0.4, -0.2) is 25.6 Å². The minimum absolute atomic E-state index is 0.246. The first kappa shape index (κ1) is 14.1. The van der Waals surface area contributed by atoms with Crippen LogP contribution in [0.25, 0.3) is 0 Å². The molecule has 2 rings (SSSR count). The van der Waals surface area contributed by atoms with Gasteiger partial charge in [-0.25, -0.2) is 0 Å². The van der Waals surface area contributed by atoms with Crippen molar-refractivity contribution in [3.8, 4) is 5.75 Å². The molecule has 0 saturated carbocycles. The third-order valence-corrected chi connectivity index (χ3v) is 4.00. The van der Waals surface area contributed by atoms with Gasteiger partial charge in [0.15, 0.2) is 0 Å². The van der Waals surface area contributed by atoms with Crippen LogP contribution in [0, 0.1) is 0 Å². The van der Waals surface area contributed by atoms with Gasteiger partial charge in [0.2, 0.25) is 0 Å². The van der Waals surface area contributed by atoms with Gasteiger partial charge in [0.25, 0.3) is 0 Å². The molecule has 2 aromatic rings. The Hall–Kier alpha value is -1.36. The molecule has 0 aliphatic rings. The van der Waals surface area contributed by atoms with Crippen molar-refractivity contribution in [1.82, 2.24) is 4.90 Å². The third kappa shape index (κ3) is 3.35. The first-order valence-corrected chi connectivity index (χ1v) is 7.24. The average Bonchev–Trinajstić information content (AvgIpc) is 2.94. The molecule has 1 aromatic heterocycles. The Morgan fingerprint density at radius 1 is 1.32 bits per heavy atom. The lowest BCUT2D eigenvalue weighted by Gasteiger charge is -2.27. The lowest BCUT2D eigenvalue weighted by molar-refractivity contribution is 0.238. The van der Waals surface area contributed by atoms with Gasteiger partial charge < -0.3 is 10.5 Å². The van der Waals surface area contributed by atoms with Crippen molar-refractivity contribution in [2.45, 2.75) is 12.6 Å². The predicted molar refractivity (Wildman–Crippen MR) is 80.6 cm³/mol. The van der Waals surface area contributed by atoms with Gasteiger partial charge in [0, 0.05) is 24.7 Å². The predicted octanol–water partition coefficient (Wildman–Crippen LogP) is 2.89. The quantitative estimate of drug-likeness (QED) is 0.881. The summed E-state index contributed by atoms with van der Waals surface area (Å²) >= 11 is 1.71. The average molecular weight is 276 g/mol. The van der Waals surface area contributed by atoms with E-state index < -0.39 is 0 Å². The van der Waals surface area contributed by atoms with Crippen LogP contribution in [0.5, 0.6) is 5.75 Å². The van der Waals surface area contributed by atoms with Crippen LogP contribution >= 0.6 is 11.3 Å². The largest absolute Gasteiger partial charge is 0.496 e. The molecule has 0 aliphatic heterocycles. The number of benzene rings is 1. The highest BCUT2D eigenvalue weighted by Crippen LogP contribution is 2.25. The van der Waals surface area contributed by atoms with E-state index in [0.717, 1.165) is 12.3 Å². The molecular weight excluding hydrogens is 256 g/mol. The van der Waals surface area contributed by atoms with E-state index >= 15 is 0 Å². The van der Waals surface area contributed by atoms with E-state index in [9.17, 15) is 0 Å². The zero-order chi connectivity index (χ0) is 13.7. The number of likely N-dealkylation sites (N-methyl/N-ethyl adjacent to an activating group) is 1. The summed E-state index contributed by atoms with van der Waals surface area (Å²) in [6.07, 6.45) is 0. The molecule has 2 N–H and O–H groups in total. The maximum absolute atomic E-state index is 5.92. The van der Waals surface area contributed by atoms with Gasteiger partial charge in [0.1, 0.15) is 5.75 Å². The van der Waals surface area contributed by atoms with E-state index in [4.69, 9.17) is 10.5 Å². The number of methoxy groups -OCH3 is 1. The molecule has 1 unspecified atom stereocenters. The number of hydrogen-bond donors (Lipinski definition) is 1. The number of rotatable bonds is 6. The highest BCUT2D eigenvalue weighted by Gasteiger charge is 2.17. The standard InChI is InChI=1S/C15H20N2OS/c1-17(14(9-16)13-7-8-19-11-13)10-12-5-3-4-6-15(12)18-2/h3-8,11,14H,9-10,16H2,1-2H3. The van der Waals surface area contributed by atoms with E-state index in [0.29, 0.717) is 6.54 Å². The van der Waals surface area contributed by atoms with Crippen LogP contribution in [-0.2, 0) is 6.54 Å². The number of nitrogens with two attached hydrogens (primary N) is 1. The van der Waals surface area contributed by atoms with Crippen molar-refractivity contribution in [2.75, 3.05) is 20.7 Å². The summed E-state index contributed by atoms with van der Waals surface area (Å²) < 4.78 is 5.39. The summed E-state index contributed by atoms with van der Waals surface area (Å²) in [6.45, 7) is 1.43. The monoisotopic (exact) mass is 276 g/mol. The minimum Gasteiger partial charge on any atom is -0.496 e. The normalized spacial score (nSPS) is 12.6. The summed E-state index contributed by atoms with van der Waals surface area (Å²) in [7, 11) is 3.81. The number of nitrogens with zero attached hydrogens (tertiary/aromatic N) is 1. The van der Waals surface area contributed by atoms with Crippen molar-refractivity contribution in [3.05, 3.63) is 52.2 Å². The fraction of sp³-hybridized carbons (Fsp3) is 0.333. The number of hydrogen-bond acceptors (Lipinski definition) is 4. The highest BCUT2D eigenvalue weighted by atomic mass is 32.1. The Bertz CT molecular complexity index is 499.